The Hall–Kier alpha value is -0.730. The van der Waals surface area contributed by atoms with Crippen LogP contribution < -0.4 is 10.5 Å². The van der Waals surface area contributed by atoms with E-state index in [2.05, 4.69) is 9.82 Å². The zero-order chi connectivity index (χ0) is 13.2. The Kier molecular flexibility index (Phi) is 4.18. The predicted octanol–water partition coefficient (Wildman–Crippen LogP) is 0.659. The van der Waals surface area contributed by atoms with Gasteiger partial charge in [-0.1, -0.05) is 0 Å². The second kappa shape index (κ2) is 5.50. The second-order valence-corrected chi connectivity index (χ2v) is 7.36. The minimum atomic E-state index is -3.54. The number of anilines is 1. The smallest absolute Gasteiger partial charge is 0.245 e. The Bertz CT molecular complexity index is 506. The quantitative estimate of drug-likeness (QED) is 0.831. The van der Waals surface area contributed by atoms with Crippen molar-refractivity contribution in [3.8, 4) is 0 Å². The first-order chi connectivity index (χ1) is 8.53. The van der Waals surface area contributed by atoms with Gasteiger partial charge < -0.3 is 5.73 Å². The number of aryl methyl sites for hydroxylation is 1. The summed E-state index contributed by atoms with van der Waals surface area (Å²) in [6.07, 6.45) is 3.70. The number of nitrogens with two attached hydrogens (primary N) is 1. The number of thioether (sulfide) groups is 1. The SMILES string of the molecule is CCn1cc(S(=O)(=O)NCC2CCCS2)c(N)n1. The highest BCUT2D eigenvalue weighted by atomic mass is 32.2. The molecule has 8 heteroatoms. The summed E-state index contributed by atoms with van der Waals surface area (Å²) in [7, 11) is -3.54. The molecule has 18 heavy (non-hydrogen) atoms. The highest BCUT2D eigenvalue weighted by Crippen LogP contribution is 2.26. The molecule has 1 atom stereocenters. The van der Waals surface area contributed by atoms with Crippen LogP contribution in [0.1, 0.15) is 19.8 Å². The number of rotatable bonds is 5. The van der Waals surface area contributed by atoms with Crippen LogP contribution in [0.15, 0.2) is 11.1 Å². The maximum atomic E-state index is 12.1. The molecule has 0 aliphatic carbocycles. The van der Waals surface area contributed by atoms with Gasteiger partial charge >= 0.3 is 0 Å². The number of aromatic nitrogens is 2. The van der Waals surface area contributed by atoms with Crippen LogP contribution in [0.3, 0.4) is 0 Å². The molecular formula is C10H18N4O2S2. The molecule has 0 radical (unpaired) electrons. The molecule has 1 fully saturated rings. The van der Waals surface area contributed by atoms with Crippen molar-refractivity contribution < 1.29 is 8.42 Å². The average molecular weight is 290 g/mol. The van der Waals surface area contributed by atoms with Gasteiger partial charge in [-0.25, -0.2) is 13.1 Å². The highest BCUT2D eigenvalue weighted by molar-refractivity contribution is 8.00. The summed E-state index contributed by atoms with van der Waals surface area (Å²) >= 11 is 1.81. The van der Waals surface area contributed by atoms with Crippen molar-refractivity contribution in [3.05, 3.63) is 6.20 Å². The van der Waals surface area contributed by atoms with Crippen LogP contribution in [0, 0.1) is 0 Å². The van der Waals surface area contributed by atoms with Gasteiger partial charge in [0, 0.05) is 24.5 Å². The molecule has 0 spiro atoms. The van der Waals surface area contributed by atoms with Gasteiger partial charge in [0.2, 0.25) is 10.0 Å². The van der Waals surface area contributed by atoms with E-state index in [0.717, 1.165) is 18.6 Å². The molecule has 0 saturated carbocycles. The molecule has 1 aromatic heterocycles. The Morgan fingerprint density at radius 1 is 1.67 bits per heavy atom. The molecule has 1 unspecified atom stereocenters. The van der Waals surface area contributed by atoms with Crippen molar-refractivity contribution in [2.75, 3.05) is 18.0 Å². The first-order valence-electron chi connectivity index (χ1n) is 5.97. The zero-order valence-electron chi connectivity index (χ0n) is 10.3. The maximum absolute atomic E-state index is 12.1. The molecule has 1 aliphatic rings. The van der Waals surface area contributed by atoms with Gasteiger partial charge in [0.25, 0.3) is 0 Å². The highest BCUT2D eigenvalue weighted by Gasteiger charge is 2.23. The van der Waals surface area contributed by atoms with Crippen molar-refractivity contribution in [3.63, 3.8) is 0 Å². The third kappa shape index (κ3) is 2.99. The van der Waals surface area contributed by atoms with Crippen LogP contribution in [0.4, 0.5) is 5.82 Å². The molecular weight excluding hydrogens is 272 g/mol. The van der Waals surface area contributed by atoms with Crippen molar-refractivity contribution >= 4 is 27.6 Å². The lowest BCUT2D eigenvalue weighted by Gasteiger charge is -2.09. The largest absolute Gasteiger partial charge is 0.381 e. The molecule has 2 heterocycles. The Labute approximate surface area is 111 Å². The van der Waals surface area contributed by atoms with E-state index in [1.165, 1.54) is 10.9 Å². The van der Waals surface area contributed by atoms with E-state index in [1.54, 1.807) is 0 Å². The molecule has 1 aromatic rings. The molecule has 3 N–H and O–H groups in total. The van der Waals surface area contributed by atoms with Crippen LogP contribution in [0.25, 0.3) is 0 Å². The number of nitrogens with one attached hydrogen (secondary N) is 1. The van der Waals surface area contributed by atoms with E-state index in [1.807, 2.05) is 18.7 Å². The number of sulfonamides is 1. The summed E-state index contributed by atoms with van der Waals surface area (Å²) in [6.45, 7) is 2.94. The van der Waals surface area contributed by atoms with E-state index in [4.69, 9.17) is 5.73 Å². The fraction of sp³-hybridized carbons (Fsp3) is 0.700. The van der Waals surface area contributed by atoms with E-state index in [9.17, 15) is 8.42 Å². The first kappa shape index (κ1) is 13.7. The van der Waals surface area contributed by atoms with Crippen LogP contribution in [-0.4, -0.2) is 35.7 Å². The van der Waals surface area contributed by atoms with Crippen LogP contribution in [-0.2, 0) is 16.6 Å². The Morgan fingerprint density at radius 3 is 3.00 bits per heavy atom. The van der Waals surface area contributed by atoms with Gasteiger partial charge in [-0.15, -0.1) is 0 Å². The number of hydrogen-bond acceptors (Lipinski definition) is 5. The lowest BCUT2D eigenvalue weighted by Crippen LogP contribution is -2.30. The lowest BCUT2D eigenvalue weighted by molar-refractivity contribution is 0.579. The van der Waals surface area contributed by atoms with Crippen molar-refractivity contribution in [1.29, 1.82) is 0 Å². The second-order valence-electron chi connectivity index (χ2n) is 4.22. The molecule has 1 saturated heterocycles. The van der Waals surface area contributed by atoms with Gasteiger partial charge in [-0.2, -0.15) is 16.9 Å². The summed E-state index contributed by atoms with van der Waals surface area (Å²) in [5.41, 5.74) is 5.63. The van der Waals surface area contributed by atoms with Crippen molar-refractivity contribution in [1.82, 2.24) is 14.5 Å². The first-order valence-corrected chi connectivity index (χ1v) is 8.50. The molecule has 102 valence electrons. The topological polar surface area (TPSA) is 90.0 Å². The summed E-state index contributed by atoms with van der Waals surface area (Å²) in [6, 6.07) is 0. The predicted molar refractivity (Wildman–Crippen MR) is 73.0 cm³/mol. The normalized spacial score (nSPS) is 20.4. The minimum absolute atomic E-state index is 0.0587. The van der Waals surface area contributed by atoms with Gasteiger partial charge in [-0.3, -0.25) is 4.68 Å². The summed E-state index contributed by atoms with van der Waals surface area (Å²) < 4.78 is 28.3. The van der Waals surface area contributed by atoms with Gasteiger partial charge in [0.05, 0.1) is 0 Å². The maximum Gasteiger partial charge on any atom is 0.245 e. The van der Waals surface area contributed by atoms with Crippen LogP contribution in [0.2, 0.25) is 0 Å². The molecule has 0 aromatic carbocycles. The van der Waals surface area contributed by atoms with E-state index in [-0.39, 0.29) is 10.7 Å². The lowest BCUT2D eigenvalue weighted by atomic mass is 10.2. The summed E-state index contributed by atoms with van der Waals surface area (Å²) in [5, 5.41) is 4.32. The van der Waals surface area contributed by atoms with Crippen molar-refractivity contribution in [2.45, 2.75) is 36.5 Å². The van der Waals surface area contributed by atoms with E-state index >= 15 is 0 Å². The molecule has 6 nitrogen and oxygen atoms in total. The van der Waals surface area contributed by atoms with Gasteiger partial charge in [0.1, 0.15) is 4.90 Å². The fourth-order valence-electron chi connectivity index (χ4n) is 1.87. The third-order valence-electron chi connectivity index (χ3n) is 2.89. The monoisotopic (exact) mass is 290 g/mol. The van der Waals surface area contributed by atoms with E-state index in [0.29, 0.717) is 18.3 Å². The average Bonchev–Trinajstić information content (AvgIpc) is 2.95. The number of nitrogens with zero attached hydrogens (tertiary/aromatic N) is 2. The van der Waals surface area contributed by atoms with Gasteiger partial charge in [-0.05, 0) is 25.5 Å². The zero-order valence-corrected chi connectivity index (χ0v) is 11.9. The third-order valence-corrected chi connectivity index (χ3v) is 5.73. The molecule has 2 rings (SSSR count). The minimum Gasteiger partial charge on any atom is -0.381 e. The summed E-state index contributed by atoms with van der Waals surface area (Å²) in [5.74, 6) is 1.17. The molecule has 0 bridgehead atoms. The van der Waals surface area contributed by atoms with Crippen LogP contribution in [0.5, 0.6) is 0 Å². The van der Waals surface area contributed by atoms with Crippen molar-refractivity contribution in [2.24, 2.45) is 0 Å². The van der Waals surface area contributed by atoms with E-state index < -0.39 is 10.0 Å². The Balaban J connectivity index is 2.06. The number of nitrogen functional groups attached to an aromatic ring is 1. The molecule has 1 aliphatic heterocycles. The fourth-order valence-corrected chi connectivity index (χ4v) is 4.33. The number of hydrogen-bond donors (Lipinski definition) is 2. The van der Waals surface area contributed by atoms with Crippen LogP contribution >= 0.6 is 11.8 Å². The Morgan fingerprint density at radius 2 is 2.44 bits per heavy atom. The summed E-state index contributed by atoms with van der Waals surface area (Å²) in [4.78, 5) is 0.0762. The van der Waals surface area contributed by atoms with Gasteiger partial charge in [0.15, 0.2) is 5.82 Å². The standard InChI is InChI=1S/C10H18N4O2S2/c1-2-14-7-9(10(11)13-14)18(15,16)12-6-8-4-3-5-17-8/h7-8,12H,2-6H2,1H3,(H2,11,13). The molecule has 0 amide bonds.